The molecule has 0 fully saturated rings. The Kier molecular flexibility index (Phi) is 3.91. The van der Waals surface area contributed by atoms with Crippen LogP contribution >= 0.6 is 27.5 Å². The number of carbonyl (C=O) groups excluding carboxylic acids is 1. The van der Waals surface area contributed by atoms with Gasteiger partial charge in [-0.05, 0) is 35.4 Å². The maximum absolute atomic E-state index is 12.6. The van der Waals surface area contributed by atoms with Crippen LogP contribution in [-0.2, 0) is 13.1 Å². The normalized spacial score (nSPS) is 13.5. The van der Waals surface area contributed by atoms with Gasteiger partial charge in [-0.3, -0.25) is 4.79 Å². The quantitative estimate of drug-likeness (QED) is 0.812. The van der Waals surface area contributed by atoms with Crippen molar-refractivity contribution in [3.05, 3.63) is 62.6 Å². The molecule has 0 spiro atoms. The van der Waals surface area contributed by atoms with Gasteiger partial charge in [0.15, 0.2) is 0 Å². The van der Waals surface area contributed by atoms with E-state index in [9.17, 15) is 4.79 Å². The molecule has 5 heteroatoms. The number of hydrogen-bond donors (Lipinski definition) is 0. The summed E-state index contributed by atoms with van der Waals surface area (Å²) in [7, 11) is 1.58. The number of ether oxygens (including phenoxy) is 1. The largest absolute Gasteiger partial charge is 0.496 e. The van der Waals surface area contributed by atoms with Gasteiger partial charge in [0.25, 0.3) is 5.91 Å². The molecule has 0 radical (unpaired) electrons. The lowest BCUT2D eigenvalue weighted by Crippen LogP contribution is -2.23. The highest BCUT2D eigenvalue weighted by atomic mass is 79.9. The van der Waals surface area contributed by atoms with E-state index in [1.807, 2.05) is 41.3 Å². The number of fused-ring (bicyclic) bond motifs is 1. The molecule has 0 aromatic heterocycles. The molecule has 3 rings (SSSR count). The van der Waals surface area contributed by atoms with Crippen LogP contribution in [0.15, 0.2) is 40.9 Å². The zero-order valence-electron chi connectivity index (χ0n) is 11.4. The molecule has 2 aromatic rings. The van der Waals surface area contributed by atoms with E-state index in [4.69, 9.17) is 16.3 Å². The molecule has 108 valence electrons. The summed E-state index contributed by atoms with van der Waals surface area (Å²) in [4.78, 5) is 14.4. The topological polar surface area (TPSA) is 29.5 Å². The van der Waals surface area contributed by atoms with Crippen LogP contribution in [0.3, 0.4) is 0 Å². The predicted molar refractivity (Wildman–Crippen MR) is 85.7 cm³/mol. The fourth-order valence-electron chi connectivity index (χ4n) is 2.54. The highest BCUT2D eigenvalue weighted by Crippen LogP contribution is 2.34. The van der Waals surface area contributed by atoms with Crippen molar-refractivity contribution in [2.24, 2.45) is 0 Å². The van der Waals surface area contributed by atoms with Gasteiger partial charge in [0.05, 0.1) is 12.7 Å². The number of halogens is 2. The van der Waals surface area contributed by atoms with E-state index in [0.717, 1.165) is 15.6 Å². The molecule has 1 aliphatic rings. The Morgan fingerprint density at radius 3 is 2.67 bits per heavy atom. The van der Waals surface area contributed by atoms with Crippen molar-refractivity contribution >= 4 is 33.4 Å². The zero-order chi connectivity index (χ0) is 15.0. The molecule has 0 unspecified atom stereocenters. The number of carbonyl (C=O) groups is 1. The summed E-state index contributed by atoms with van der Waals surface area (Å²) in [5.41, 5.74) is 2.70. The predicted octanol–water partition coefficient (Wildman–Crippen LogP) is 4.27. The first kappa shape index (κ1) is 14.4. The molecule has 1 heterocycles. The third-order valence-corrected chi connectivity index (χ3v) is 4.23. The molecule has 1 amide bonds. The molecule has 0 atom stereocenters. The third kappa shape index (κ3) is 2.78. The van der Waals surface area contributed by atoms with Gasteiger partial charge < -0.3 is 9.64 Å². The van der Waals surface area contributed by atoms with E-state index in [1.54, 1.807) is 7.11 Å². The molecule has 2 aromatic carbocycles. The van der Waals surface area contributed by atoms with E-state index < -0.39 is 0 Å². The van der Waals surface area contributed by atoms with Crippen LogP contribution in [0.4, 0.5) is 0 Å². The minimum absolute atomic E-state index is 0.00398. The van der Waals surface area contributed by atoms with E-state index in [-0.39, 0.29) is 5.91 Å². The van der Waals surface area contributed by atoms with Crippen LogP contribution in [0, 0.1) is 0 Å². The van der Waals surface area contributed by atoms with Crippen molar-refractivity contribution in [3.8, 4) is 5.75 Å². The van der Waals surface area contributed by atoms with Gasteiger partial charge in [0.1, 0.15) is 5.75 Å². The first-order valence-electron chi connectivity index (χ1n) is 6.48. The van der Waals surface area contributed by atoms with Crippen LogP contribution in [0.5, 0.6) is 5.75 Å². The maximum Gasteiger partial charge on any atom is 0.258 e. The molecule has 0 saturated heterocycles. The van der Waals surface area contributed by atoms with Gasteiger partial charge in [-0.2, -0.15) is 0 Å². The summed E-state index contributed by atoms with van der Waals surface area (Å²) in [6.07, 6.45) is 0. The molecular weight excluding hydrogens is 354 g/mol. The number of rotatable bonds is 3. The molecule has 21 heavy (non-hydrogen) atoms. The van der Waals surface area contributed by atoms with E-state index in [2.05, 4.69) is 15.9 Å². The average Bonchev–Trinajstić information content (AvgIpc) is 2.77. The van der Waals surface area contributed by atoms with Crippen molar-refractivity contribution < 1.29 is 9.53 Å². The minimum atomic E-state index is 0.00398. The van der Waals surface area contributed by atoms with E-state index in [0.29, 0.717) is 29.4 Å². The maximum atomic E-state index is 12.6. The van der Waals surface area contributed by atoms with Gasteiger partial charge in [-0.15, -0.1) is 0 Å². The Morgan fingerprint density at radius 2 is 2.00 bits per heavy atom. The molecule has 0 saturated carbocycles. The molecule has 0 bridgehead atoms. The molecular formula is C16H13BrClNO2. The SMILES string of the molecule is COc1cc(Br)cc2c1C(=O)N(Cc1ccc(Cl)cc1)C2. The van der Waals surface area contributed by atoms with Crippen molar-refractivity contribution in [2.45, 2.75) is 13.1 Å². The smallest absolute Gasteiger partial charge is 0.258 e. The van der Waals surface area contributed by atoms with Crippen molar-refractivity contribution in [3.63, 3.8) is 0 Å². The monoisotopic (exact) mass is 365 g/mol. The summed E-state index contributed by atoms with van der Waals surface area (Å²) >= 11 is 9.33. The lowest BCUT2D eigenvalue weighted by Gasteiger charge is -2.15. The molecule has 1 aliphatic heterocycles. The summed E-state index contributed by atoms with van der Waals surface area (Å²) in [5, 5.41) is 0.695. The van der Waals surface area contributed by atoms with Crippen LogP contribution in [-0.4, -0.2) is 17.9 Å². The molecule has 0 N–H and O–H groups in total. The Bertz CT molecular complexity index is 700. The van der Waals surface area contributed by atoms with Gasteiger partial charge in [-0.25, -0.2) is 0 Å². The van der Waals surface area contributed by atoms with Gasteiger partial charge in [0.2, 0.25) is 0 Å². The highest BCUT2D eigenvalue weighted by Gasteiger charge is 2.31. The number of hydrogen-bond acceptors (Lipinski definition) is 2. The summed E-state index contributed by atoms with van der Waals surface area (Å²) in [6.45, 7) is 1.15. The Balaban J connectivity index is 1.88. The van der Waals surface area contributed by atoms with Crippen molar-refractivity contribution in [1.82, 2.24) is 4.90 Å². The second-order valence-electron chi connectivity index (χ2n) is 4.93. The first-order chi connectivity index (χ1) is 10.1. The van der Waals surface area contributed by atoms with E-state index in [1.165, 1.54) is 0 Å². The minimum Gasteiger partial charge on any atom is -0.496 e. The third-order valence-electron chi connectivity index (χ3n) is 3.52. The molecule has 3 nitrogen and oxygen atoms in total. The number of nitrogens with zero attached hydrogens (tertiary/aromatic N) is 1. The number of amides is 1. The summed E-state index contributed by atoms with van der Waals surface area (Å²) in [5.74, 6) is 0.618. The standard InChI is InChI=1S/C16H13BrClNO2/c1-21-14-7-12(17)6-11-9-19(16(20)15(11)14)8-10-2-4-13(18)5-3-10/h2-7H,8-9H2,1H3. The van der Waals surface area contributed by atoms with Gasteiger partial charge >= 0.3 is 0 Å². The Labute approximate surface area is 136 Å². The van der Waals surface area contributed by atoms with Crippen LogP contribution in [0.25, 0.3) is 0 Å². The lowest BCUT2D eigenvalue weighted by molar-refractivity contribution is 0.0764. The average molecular weight is 367 g/mol. The van der Waals surface area contributed by atoms with Gasteiger partial charge in [0, 0.05) is 22.6 Å². The second-order valence-corrected chi connectivity index (χ2v) is 6.28. The van der Waals surface area contributed by atoms with E-state index >= 15 is 0 Å². The van der Waals surface area contributed by atoms with Gasteiger partial charge in [-0.1, -0.05) is 39.7 Å². The summed E-state index contributed by atoms with van der Waals surface area (Å²) < 4.78 is 6.24. The second kappa shape index (κ2) is 5.70. The molecule has 0 aliphatic carbocycles. The van der Waals surface area contributed by atoms with Crippen LogP contribution in [0.1, 0.15) is 21.5 Å². The van der Waals surface area contributed by atoms with Crippen LogP contribution < -0.4 is 4.74 Å². The Morgan fingerprint density at radius 1 is 1.29 bits per heavy atom. The fourth-order valence-corrected chi connectivity index (χ4v) is 3.15. The van der Waals surface area contributed by atoms with Crippen LogP contribution in [0.2, 0.25) is 5.02 Å². The summed E-state index contributed by atoms with van der Waals surface area (Å²) in [6, 6.07) is 11.3. The Hall–Kier alpha value is -1.52. The highest BCUT2D eigenvalue weighted by molar-refractivity contribution is 9.10. The zero-order valence-corrected chi connectivity index (χ0v) is 13.7. The fraction of sp³-hybridized carbons (Fsp3) is 0.188. The lowest BCUT2D eigenvalue weighted by atomic mass is 10.1. The van der Waals surface area contributed by atoms with Crippen molar-refractivity contribution in [2.75, 3.05) is 7.11 Å². The number of methoxy groups -OCH3 is 1. The first-order valence-corrected chi connectivity index (χ1v) is 7.65. The van der Waals surface area contributed by atoms with Crippen molar-refractivity contribution in [1.29, 1.82) is 0 Å². The number of benzene rings is 2.